The van der Waals surface area contributed by atoms with Gasteiger partial charge >= 0.3 is 0 Å². The third kappa shape index (κ3) is 3.10. The molecule has 1 heterocycles. The second-order valence-corrected chi connectivity index (χ2v) is 6.76. The molecule has 18 heavy (non-hydrogen) atoms. The molecule has 96 valence electrons. The van der Waals surface area contributed by atoms with Crippen LogP contribution < -0.4 is 0 Å². The lowest BCUT2D eigenvalue weighted by molar-refractivity contribution is -0.153. The summed E-state index contributed by atoms with van der Waals surface area (Å²) in [5, 5.41) is 0. The number of amides is 2. The molecular formula is C14H16INO2. The number of carbonyl (C=O) groups excluding carboxylic acids is 2. The zero-order chi connectivity index (χ0) is 13.3. The molecule has 2 amide bonds. The predicted molar refractivity (Wildman–Crippen MR) is 77.7 cm³/mol. The molecule has 0 saturated carbocycles. The lowest BCUT2D eigenvalue weighted by Crippen LogP contribution is -2.45. The monoisotopic (exact) mass is 357 g/mol. The van der Waals surface area contributed by atoms with Gasteiger partial charge in [-0.25, -0.2) is 0 Å². The fraction of sp³-hybridized carbons (Fsp3) is 0.429. The van der Waals surface area contributed by atoms with Gasteiger partial charge < -0.3 is 0 Å². The van der Waals surface area contributed by atoms with Crippen molar-refractivity contribution in [1.82, 2.24) is 4.90 Å². The Hall–Kier alpha value is -0.910. The molecule has 0 aromatic heterocycles. The lowest BCUT2D eigenvalue weighted by Gasteiger charge is -2.34. The van der Waals surface area contributed by atoms with Gasteiger partial charge in [-0.2, -0.15) is 0 Å². The maximum Gasteiger partial charge on any atom is 0.230 e. The number of benzene rings is 1. The molecule has 1 aromatic carbocycles. The lowest BCUT2D eigenvalue weighted by atomic mass is 9.81. The van der Waals surface area contributed by atoms with E-state index in [9.17, 15) is 9.59 Å². The molecule has 0 N–H and O–H groups in total. The van der Waals surface area contributed by atoms with Gasteiger partial charge in [0.1, 0.15) is 0 Å². The zero-order valence-electron chi connectivity index (χ0n) is 10.6. The van der Waals surface area contributed by atoms with Gasteiger partial charge in [0.15, 0.2) is 0 Å². The van der Waals surface area contributed by atoms with Crippen LogP contribution in [-0.4, -0.2) is 16.7 Å². The molecule has 2 rings (SSSR count). The smallest absolute Gasteiger partial charge is 0.230 e. The highest BCUT2D eigenvalue weighted by atomic mass is 127. The number of likely N-dealkylation sites (tertiary alicyclic amines) is 1. The van der Waals surface area contributed by atoms with E-state index in [2.05, 4.69) is 22.6 Å². The fourth-order valence-electron chi connectivity index (χ4n) is 2.16. The third-order valence-corrected chi connectivity index (χ3v) is 3.83. The molecule has 1 aliphatic rings. The average Bonchev–Trinajstić information content (AvgIpc) is 2.24. The molecule has 0 atom stereocenters. The maximum absolute atomic E-state index is 12.0. The first kappa shape index (κ1) is 13.5. The highest BCUT2D eigenvalue weighted by Crippen LogP contribution is 2.32. The fourth-order valence-corrected chi connectivity index (χ4v) is 2.52. The molecule has 0 radical (unpaired) electrons. The van der Waals surface area contributed by atoms with E-state index in [1.807, 2.05) is 38.1 Å². The van der Waals surface area contributed by atoms with Gasteiger partial charge in [0.25, 0.3) is 0 Å². The molecule has 0 bridgehead atoms. The molecule has 4 heteroatoms. The molecule has 1 fully saturated rings. The molecule has 0 spiro atoms. The third-order valence-electron chi connectivity index (χ3n) is 3.12. The number of hydrogen-bond acceptors (Lipinski definition) is 2. The summed E-state index contributed by atoms with van der Waals surface area (Å²) < 4.78 is 1.15. The Kier molecular flexibility index (Phi) is 3.75. The Morgan fingerprint density at radius 1 is 1.11 bits per heavy atom. The van der Waals surface area contributed by atoms with Crippen molar-refractivity contribution < 1.29 is 9.59 Å². The molecule has 3 nitrogen and oxygen atoms in total. The number of halogens is 1. The summed E-state index contributed by atoms with van der Waals surface area (Å²) in [5.74, 6) is -0.121. The van der Waals surface area contributed by atoms with Crippen LogP contribution in [0.25, 0.3) is 0 Å². The normalized spacial score (nSPS) is 19.2. The van der Waals surface area contributed by atoms with E-state index in [0.29, 0.717) is 19.4 Å². The molecular weight excluding hydrogens is 341 g/mol. The zero-order valence-corrected chi connectivity index (χ0v) is 12.7. The van der Waals surface area contributed by atoms with Crippen LogP contribution in [-0.2, 0) is 16.1 Å². The summed E-state index contributed by atoms with van der Waals surface area (Å²) in [6.07, 6.45) is 0.895. The van der Waals surface area contributed by atoms with Crippen molar-refractivity contribution in [2.75, 3.05) is 0 Å². The van der Waals surface area contributed by atoms with Gasteiger partial charge in [-0.15, -0.1) is 0 Å². The van der Waals surface area contributed by atoms with Gasteiger partial charge in [-0.3, -0.25) is 14.5 Å². The number of hydrogen-bond donors (Lipinski definition) is 0. The average molecular weight is 357 g/mol. The highest BCUT2D eigenvalue weighted by molar-refractivity contribution is 14.1. The van der Waals surface area contributed by atoms with Gasteiger partial charge in [0.2, 0.25) is 11.8 Å². The number of carbonyl (C=O) groups is 2. The first-order valence-corrected chi connectivity index (χ1v) is 7.03. The van der Waals surface area contributed by atoms with E-state index in [4.69, 9.17) is 0 Å². The molecule has 0 unspecified atom stereocenters. The van der Waals surface area contributed by atoms with E-state index >= 15 is 0 Å². The Bertz CT molecular complexity index is 459. The van der Waals surface area contributed by atoms with Crippen LogP contribution in [0.3, 0.4) is 0 Å². The van der Waals surface area contributed by atoms with Crippen LogP contribution in [0.2, 0.25) is 0 Å². The van der Waals surface area contributed by atoms with Crippen LogP contribution in [0.4, 0.5) is 0 Å². The van der Waals surface area contributed by atoms with E-state index in [1.165, 1.54) is 4.90 Å². The topological polar surface area (TPSA) is 37.4 Å². The number of piperidine rings is 1. The van der Waals surface area contributed by atoms with E-state index in [0.717, 1.165) is 9.13 Å². The van der Waals surface area contributed by atoms with Crippen LogP contribution in [0.1, 0.15) is 32.3 Å². The Morgan fingerprint density at radius 2 is 1.61 bits per heavy atom. The van der Waals surface area contributed by atoms with E-state index in [1.54, 1.807) is 0 Å². The van der Waals surface area contributed by atoms with Crippen LogP contribution in [0.5, 0.6) is 0 Å². The summed E-state index contributed by atoms with van der Waals surface area (Å²) in [6, 6.07) is 7.89. The van der Waals surface area contributed by atoms with Gasteiger partial charge in [0.05, 0.1) is 6.54 Å². The standard InChI is InChI=1S/C14H16INO2/c1-14(2)7-12(17)16(13(18)8-14)9-10-3-5-11(15)6-4-10/h3-6H,7-9H2,1-2H3. The first-order chi connectivity index (χ1) is 8.37. The summed E-state index contributed by atoms with van der Waals surface area (Å²) in [5.41, 5.74) is 0.799. The Balaban J connectivity index is 2.12. The minimum Gasteiger partial charge on any atom is -0.278 e. The quantitative estimate of drug-likeness (QED) is 0.603. The first-order valence-electron chi connectivity index (χ1n) is 5.95. The molecule has 0 aliphatic carbocycles. The van der Waals surface area contributed by atoms with Gasteiger partial charge in [-0.1, -0.05) is 26.0 Å². The maximum atomic E-state index is 12.0. The second kappa shape index (κ2) is 4.99. The SMILES string of the molecule is CC1(C)CC(=O)N(Cc2ccc(I)cc2)C(=O)C1. The van der Waals surface area contributed by atoms with Crippen molar-refractivity contribution in [2.45, 2.75) is 33.2 Å². The van der Waals surface area contributed by atoms with Crippen molar-refractivity contribution in [3.63, 3.8) is 0 Å². The number of rotatable bonds is 2. The summed E-state index contributed by atoms with van der Waals surface area (Å²) in [6.45, 7) is 4.32. The molecule has 1 aliphatic heterocycles. The van der Waals surface area contributed by atoms with Crippen molar-refractivity contribution in [1.29, 1.82) is 0 Å². The van der Waals surface area contributed by atoms with Crippen LogP contribution in [0.15, 0.2) is 24.3 Å². The summed E-state index contributed by atoms with van der Waals surface area (Å²) in [4.78, 5) is 25.4. The van der Waals surface area contributed by atoms with Crippen molar-refractivity contribution in [2.24, 2.45) is 5.41 Å². The number of imide groups is 1. The van der Waals surface area contributed by atoms with Gasteiger partial charge in [-0.05, 0) is 45.7 Å². The second-order valence-electron chi connectivity index (χ2n) is 5.52. The highest BCUT2D eigenvalue weighted by Gasteiger charge is 2.37. The summed E-state index contributed by atoms with van der Waals surface area (Å²) in [7, 11) is 0. The molecule has 1 aromatic rings. The van der Waals surface area contributed by atoms with Crippen LogP contribution in [0, 0.1) is 8.99 Å². The Morgan fingerprint density at radius 3 is 2.11 bits per heavy atom. The van der Waals surface area contributed by atoms with E-state index in [-0.39, 0.29) is 17.2 Å². The predicted octanol–water partition coefficient (Wildman–Crippen LogP) is 2.97. The number of nitrogens with zero attached hydrogens (tertiary/aromatic N) is 1. The minimum atomic E-state index is -0.198. The molecule has 1 saturated heterocycles. The van der Waals surface area contributed by atoms with Crippen molar-refractivity contribution in [3.05, 3.63) is 33.4 Å². The van der Waals surface area contributed by atoms with E-state index < -0.39 is 0 Å². The van der Waals surface area contributed by atoms with Crippen molar-refractivity contribution in [3.8, 4) is 0 Å². The van der Waals surface area contributed by atoms with Crippen molar-refractivity contribution >= 4 is 34.4 Å². The van der Waals surface area contributed by atoms with Crippen LogP contribution >= 0.6 is 22.6 Å². The summed E-state index contributed by atoms with van der Waals surface area (Å²) >= 11 is 2.23. The Labute approximate surface area is 121 Å². The minimum absolute atomic E-state index is 0.0604. The van der Waals surface area contributed by atoms with Gasteiger partial charge in [0, 0.05) is 16.4 Å². The largest absolute Gasteiger partial charge is 0.278 e.